The minimum atomic E-state index is -0.523. The van der Waals surface area contributed by atoms with Crippen molar-refractivity contribution in [3.8, 4) is 0 Å². The van der Waals surface area contributed by atoms with Crippen LogP contribution in [0.3, 0.4) is 0 Å². The minimum Gasteiger partial charge on any atom is -0.444 e. The highest BCUT2D eigenvalue weighted by atomic mass is 32.2. The number of amides is 2. The SMILES string of the molecule is CC(C)(C)OC(=O)NCc1ccc(N=C2SCC(=O)N2c2ccccc2)cc1. The van der Waals surface area contributed by atoms with Crippen LogP contribution >= 0.6 is 11.8 Å². The van der Waals surface area contributed by atoms with Crippen molar-refractivity contribution in [3.05, 3.63) is 60.2 Å². The Labute approximate surface area is 169 Å². The van der Waals surface area contributed by atoms with Crippen LogP contribution in [0.1, 0.15) is 26.3 Å². The number of amidine groups is 1. The molecule has 0 bridgehead atoms. The van der Waals surface area contributed by atoms with Gasteiger partial charge in [-0.25, -0.2) is 9.79 Å². The zero-order valence-corrected chi connectivity index (χ0v) is 17.0. The molecule has 1 aliphatic heterocycles. The first-order chi connectivity index (χ1) is 13.3. The molecule has 1 heterocycles. The van der Waals surface area contributed by atoms with Gasteiger partial charge in [-0.3, -0.25) is 9.69 Å². The van der Waals surface area contributed by atoms with Gasteiger partial charge in [0.2, 0.25) is 5.91 Å². The Kier molecular flexibility index (Phi) is 6.04. The molecule has 0 aromatic heterocycles. The van der Waals surface area contributed by atoms with E-state index in [2.05, 4.69) is 10.3 Å². The maximum atomic E-state index is 12.2. The summed E-state index contributed by atoms with van der Waals surface area (Å²) in [4.78, 5) is 30.3. The maximum Gasteiger partial charge on any atom is 0.407 e. The van der Waals surface area contributed by atoms with Crippen LogP contribution in [0.15, 0.2) is 59.6 Å². The van der Waals surface area contributed by atoms with Gasteiger partial charge in [0.1, 0.15) is 5.60 Å². The predicted octanol–water partition coefficient (Wildman–Crippen LogP) is 4.48. The van der Waals surface area contributed by atoms with Crippen LogP contribution < -0.4 is 10.2 Å². The van der Waals surface area contributed by atoms with Crippen molar-refractivity contribution in [2.75, 3.05) is 10.7 Å². The molecule has 6 nitrogen and oxygen atoms in total. The molecule has 0 saturated carbocycles. The Morgan fingerprint density at radius 2 is 1.82 bits per heavy atom. The number of hydrogen-bond acceptors (Lipinski definition) is 5. The summed E-state index contributed by atoms with van der Waals surface area (Å²) in [5.41, 5.74) is 1.98. The number of alkyl carbamates (subject to hydrolysis) is 1. The number of nitrogens with zero attached hydrogens (tertiary/aromatic N) is 2. The standard InChI is InChI=1S/C21H23N3O3S/c1-21(2,3)27-20(26)22-13-15-9-11-16(12-10-15)23-19-24(18(25)14-28-19)17-7-5-4-6-8-17/h4-12H,13-14H2,1-3H3,(H,22,26). The number of thioether (sulfide) groups is 1. The van der Waals surface area contributed by atoms with Crippen molar-refractivity contribution < 1.29 is 14.3 Å². The summed E-state index contributed by atoms with van der Waals surface area (Å²) < 4.78 is 5.22. The normalized spacial score (nSPS) is 15.8. The smallest absolute Gasteiger partial charge is 0.407 e. The predicted molar refractivity (Wildman–Crippen MR) is 113 cm³/mol. The van der Waals surface area contributed by atoms with E-state index in [0.29, 0.717) is 17.5 Å². The monoisotopic (exact) mass is 397 g/mol. The molecule has 1 aliphatic rings. The van der Waals surface area contributed by atoms with E-state index in [9.17, 15) is 9.59 Å². The largest absolute Gasteiger partial charge is 0.444 e. The molecule has 1 N–H and O–H groups in total. The molecule has 7 heteroatoms. The molecule has 2 aromatic rings. The molecular weight excluding hydrogens is 374 g/mol. The lowest BCUT2D eigenvalue weighted by Gasteiger charge is -2.19. The molecule has 1 saturated heterocycles. The van der Waals surface area contributed by atoms with Gasteiger partial charge >= 0.3 is 6.09 Å². The number of benzene rings is 2. The second kappa shape index (κ2) is 8.48. The van der Waals surface area contributed by atoms with Gasteiger partial charge in [0.15, 0.2) is 5.17 Å². The Morgan fingerprint density at radius 3 is 2.46 bits per heavy atom. The van der Waals surface area contributed by atoms with Gasteiger partial charge in [0, 0.05) is 6.54 Å². The molecule has 0 spiro atoms. The summed E-state index contributed by atoms with van der Waals surface area (Å²) in [6.45, 7) is 5.84. The van der Waals surface area contributed by atoms with Crippen molar-refractivity contribution in [2.24, 2.45) is 4.99 Å². The molecule has 2 aromatic carbocycles. The molecule has 28 heavy (non-hydrogen) atoms. The average Bonchev–Trinajstić information content (AvgIpc) is 3.00. The Bertz CT molecular complexity index is 874. The summed E-state index contributed by atoms with van der Waals surface area (Å²) >= 11 is 1.42. The molecular formula is C21H23N3O3S. The third-order valence-corrected chi connectivity index (χ3v) is 4.70. The number of anilines is 1. The van der Waals surface area contributed by atoms with E-state index in [-0.39, 0.29) is 5.91 Å². The van der Waals surface area contributed by atoms with E-state index in [4.69, 9.17) is 4.74 Å². The van der Waals surface area contributed by atoms with Crippen LogP contribution in [-0.4, -0.2) is 28.5 Å². The number of carbonyl (C=O) groups is 2. The lowest BCUT2D eigenvalue weighted by Crippen LogP contribution is -2.32. The number of carbonyl (C=O) groups excluding carboxylic acids is 2. The fraction of sp³-hybridized carbons (Fsp3) is 0.286. The molecule has 1 fully saturated rings. The number of nitrogens with one attached hydrogen (secondary N) is 1. The minimum absolute atomic E-state index is 0.0214. The Balaban J connectivity index is 1.66. The van der Waals surface area contributed by atoms with Crippen molar-refractivity contribution in [3.63, 3.8) is 0 Å². The molecule has 3 rings (SSSR count). The Morgan fingerprint density at radius 1 is 1.14 bits per heavy atom. The van der Waals surface area contributed by atoms with Crippen LogP contribution in [0, 0.1) is 0 Å². The number of aliphatic imine (C=N–C) groups is 1. The summed E-state index contributed by atoms with van der Waals surface area (Å²) in [6, 6.07) is 17.0. The van der Waals surface area contributed by atoms with E-state index < -0.39 is 11.7 Å². The summed E-state index contributed by atoms with van der Waals surface area (Å²) in [5.74, 6) is 0.402. The second-order valence-electron chi connectivity index (χ2n) is 7.27. The van der Waals surface area contributed by atoms with Crippen molar-refractivity contribution in [2.45, 2.75) is 32.9 Å². The third-order valence-electron chi connectivity index (χ3n) is 3.78. The van der Waals surface area contributed by atoms with Crippen LogP contribution in [0.4, 0.5) is 16.2 Å². The van der Waals surface area contributed by atoms with Crippen LogP contribution in [0.5, 0.6) is 0 Å². The summed E-state index contributed by atoms with van der Waals surface area (Å²) in [7, 11) is 0. The average molecular weight is 398 g/mol. The van der Waals surface area contributed by atoms with E-state index in [1.54, 1.807) is 4.90 Å². The van der Waals surface area contributed by atoms with Gasteiger partial charge in [-0.15, -0.1) is 0 Å². The van der Waals surface area contributed by atoms with E-state index in [0.717, 1.165) is 16.9 Å². The van der Waals surface area contributed by atoms with E-state index in [1.165, 1.54) is 11.8 Å². The summed E-state index contributed by atoms with van der Waals surface area (Å²) in [5, 5.41) is 3.39. The molecule has 146 valence electrons. The second-order valence-corrected chi connectivity index (χ2v) is 8.21. The molecule has 0 unspecified atom stereocenters. The third kappa shape index (κ3) is 5.36. The van der Waals surface area contributed by atoms with E-state index >= 15 is 0 Å². The first kappa shape index (κ1) is 19.9. The van der Waals surface area contributed by atoms with Gasteiger partial charge in [-0.05, 0) is 50.6 Å². The number of ether oxygens (including phenoxy) is 1. The number of para-hydroxylation sites is 1. The molecule has 0 radical (unpaired) electrons. The van der Waals surface area contributed by atoms with Gasteiger partial charge in [-0.1, -0.05) is 42.1 Å². The topological polar surface area (TPSA) is 71.0 Å². The van der Waals surface area contributed by atoms with Crippen LogP contribution in [-0.2, 0) is 16.1 Å². The van der Waals surface area contributed by atoms with Crippen molar-refractivity contribution in [1.29, 1.82) is 0 Å². The van der Waals surface area contributed by atoms with Crippen LogP contribution in [0.25, 0.3) is 0 Å². The highest BCUT2D eigenvalue weighted by Crippen LogP contribution is 2.28. The lowest BCUT2D eigenvalue weighted by atomic mass is 10.2. The fourth-order valence-corrected chi connectivity index (χ4v) is 3.45. The van der Waals surface area contributed by atoms with Gasteiger partial charge in [-0.2, -0.15) is 0 Å². The first-order valence-electron chi connectivity index (χ1n) is 8.97. The molecule has 0 atom stereocenters. The summed E-state index contributed by atoms with van der Waals surface area (Å²) in [6.07, 6.45) is -0.448. The highest BCUT2D eigenvalue weighted by Gasteiger charge is 2.29. The van der Waals surface area contributed by atoms with Crippen molar-refractivity contribution >= 4 is 40.3 Å². The zero-order chi connectivity index (χ0) is 20.1. The van der Waals surface area contributed by atoms with Crippen molar-refractivity contribution in [1.82, 2.24) is 5.32 Å². The van der Waals surface area contributed by atoms with E-state index in [1.807, 2.05) is 75.4 Å². The number of rotatable bonds is 4. The quantitative estimate of drug-likeness (QED) is 0.826. The van der Waals surface area contributed by atoms with Crippen LogP contribution in [0.2, 0.25) is 0 Å². The molecule has 2 amide bonds. The number of hydrogen-bond donors (Lipinski definition) is 1. The zero-order valence-electron chi connectivity index (χ0n) is 16.1. The maximum absolute atomic E-state index is 12.2. The molecule has 0 aliphatic carbocycles. The lowest BCUT2D eigenvalue weighted by molar-refractivity contribution is -0.115. The highest BCUT2D eigenvalue weighted by molar-refractivity contribution is 8.15. The Hall–Kier alpha value is -2.80. The fourth-order valence-electron chi connectivity index (χ4n) is 2.56. The first-order valence-corrected chi connectivity index (χ1v) is 9.96. The van der Waals surface area contributed by atoms with Gasteiger partial charge in [0.25, 0.3) is 0 Å². The van der Waals surface area contributed by atoms with Gasteiger partial charge < -0.3 is 10.1 Å². The van der Waals surface area contributed by atoms with Gasteiger partial charge in [0.05, 0.1) is 17.1 Å².